The molecule has 19 heavy (non-hydrogen) atoms. The van der Waals surface area contributed by atoms with E-state index >= 15 is 0 Å². The highest BCUT2D eigenvalue weighted by atomic mass is 32.2. The van der Waals surface area contributed by atoms with E-state index in [-0.39, 0.29) is 11.5 Å². The summed E-state index contributed by atoms with van der Waals surface area (Å²) in [5.41, 5.74) is 0.390. The SMILES string of the molecule is C[C@H](Sc1nncc(=O)[nH]1)C(=O)Nc1ccccc1. The summed E-state index contributed by atoms with van der Waals surface area (Å²) in [5.74, 6) is -0.164. The Kier molecular flexibility index (Phi) is 4.30. The lowest BCUT2D eigenvalue weighted by Gasteiger charge is -2.10. The number of carbonyl (C=O) groups is 1. The molecule has 1 heterocycles. The maximum absolute atomic E-state index is 11.9. The Labute approximate surface area is 113 Å². The second-order valence-corrected chi connectivity index (χ2v) is 5.08. The number of hydrogen-bond donors (Lipinski definition) is 2. The van der Waals surface area contributed by atoms with Crippen LogP contribution in [0.25, 0.3) is 0 Å². The van der Waals surface area contributed by atoms with Gasteiger partial charge in [0.25, 0.3) is 5.56 Å². The molecule has 0 bridgehead atoms. The maximum Gasteiger partial charge on any atom is 0.270 e. The first-order chi connectivity index (χ1) is 9.15. The van der Waals surface area contributed by atoms with Crippen molar-refractivity contribution in [3.05, 3.63) is 46.9 Å². The number of amides is 1. The topological polar surface area (TPSA) is 87.7 Å². The van der Waals surface area contributed by atoms with Crippen LogP contribution in [-0.2, 0) is 4.79 Å². The highest BCUT2D eigenvalue weighted by Crippen LogP contribution is 2.18. The summed E-state index contributed by atoms with van der Waals surface area (Å²) in [7, 11) is 0. The number of aromatic nitrogens is 3. The van der Waals surface area contributed by atoms with Crippen molar-refractivity contribution in [2.24, 2.45) is 0 Å². The number of nitrogens with one attached hydrogen (secondary N) is 2. The highest BCUT2D eigenvalue weighted by Gasteiger charge is 2.15. The van der Waals surface area contributed by atoms with Crippen molar-refractivity contribution in [3.8, 4) is 0 Å². The Morgan fingerprint density at radius 2 is 2.11 bits per heavy atom. The number of hydrogen-bond acceptors (Lipinski definition) is 5. The van der Waals surface area contributed by atoms with Crippen molar-refractivity contribution in [2.45, 2.75) is 17.3 Å². The predicted molar refractivity (Wildman–Crippen MR) is 73.0 cm³/mol. The Bertz CT molecular complexity index is 614. The molecule has 1 aromatic heterocycles. The van der Waals surface area contributed by atoms with Crippen LogP contribution in [0.1, 0.15) is 6.92 Å². The number of benzene rings is 1. The van der Waals surface area contributed by atoms with Gasteiger partial charge >= 0.3 is 0 Å². The monoisotopic (exact) mass is 276 g/mol. The second kappa shape index (κ2) is 6.14. The zero-order valence-electron chi connectivity index (χ0n) is 10.2. The van der Waals surface area contributed by atoms with E-state index in [2.05, 4.69) is 20.5 Å². The molecule has 0 aliphatic heterocycles. The van der Waals surface area contributed by atoms with Gasteiger partial charge in [-0.3, -0.25) is 14.6 Å². The Morgan fingerprint density at radius 3 is 2.79 bits per heavy atom. The molecule has 0 radical (unpaired) electrons. The zero-order valence-corrected chi connectivity index (χ0v) is 11.0. The van der Waals surface area contributed by atoms with Crippen molar-refractivity contribution in [3.63, 3.8) is 0 Å². The average Bonchev–Trinajstić information content (AvgIpc) is 2.40. The van der Waals surface area contributed by atoms with E-state index in [0.717, 1.165) is 23.6 Å². The van der Waals surface area contributed by atoms with Crippen LogP contribution in [0.2, 0.25) is 0 Å². The zero-order chi connectivity index (χ0) is 13.7. The molecule has 0 fully saturated rings. The van der Waals surface area contributed by atoms with E-state index in [9.17, 15) is 9.59 Å². The molecule has 1 atom stereocenters. The number of aromatic amines is 1. The predicted octanol–water partition coefficient (Wildman–Crippen LogP) is 1.28. The lowest BCUT2D eigenvalue weighted by molar-refractivity contribution is -0.115. The number of thioether (sulfide) groups is 1. The highest BCUT2D eigenvalue weighted by molar-refractivity contribution is 8.00. The first-order valence-corrected chi connectivity index (χ1v) is 6.47. The lowest BCUT2D eigenvalue weighted by atomic mass is 10.3. The van der Waals surface area contributed by atoms with Crippen LogP contribution in [-0.4, -0.2) is 26.3 Å². The Hall–Kier alpha value is -2.15. The van der Waals surface area contributed by atoms with Gasteiger partial charge in [-0.05, 0) is 19.1 Å². The number of anilines is 1. The second-order valence-electron chi connectivity index (χ2n) is 3.75. The van der Waals surface area contributed by atoms with E-state index in [1.54, 1.807) is 19.1 Å². The molecule has 98 valence electrons. The lowest BCUT2D eigenvalue weighted by Crippen LogP contribution is -2.23. The molecular weight excluding hydrogens is 264 g/mol. The van der Waals surface area contributed by atoms with Gasteiger partial charge in [0.1, 0.15) is 6.20 Å². The molecular formula is C12H12N4O2S. The van der Waals surface area contributed by atoms with Gasteiger partial charge in [0.2, 0.25) is 5.91 Å². The molecule has 2 aromatic rings. The number of nitrogens with zero attached hydrogens (tertiary/aromatic N) is 2. The van der Waals surface area contributed by atoms with E-state index < -0.39 is 5.25 Å². The minimum atomic E-state index is -0.396. The molecule has 0 aliphatic carbocycles. The fourth-order valence-electron chi connectivity index (χ4n) is 1.34. The van der Waals surface area contributed by atoms with Crippen molar-refractivity contribution in [2.75, 3.05) is 5.32 Å². The normalized spacial score (nSPS) is 11.8. The molecule has 6 nitrogen and oxygen atoms in total. The van der Waals surface area contributed by atoms with Crippen molar-refractivity contribution in [1.29, 1.82) is 0 Å². The summed E-state index contributed by atoms with van der Waals surface area (Å²) in [4.78, 5) is 25.5. The third kappa shape index (κ3) is 3.92. The van der Waals surface area contributed by atoms with Crippen molar-refractivity contribution in [1.82, 2.24) is 15.2 Å². The van der Waals surface area contributed by atoms with Gasteiger partial charge in [0, 0.05) is 5.69 Å². The molecule has 2 rings (SSSR count). The largest absolute Gasteiger partial charge is 0.325 e. The van der Waals surface area contributed by atoms with Crippen LogP contribution in [0.5, 0.6) is 0 Å². The van der Waals surface area contributed by atoms with Crippen LogP contribution in [0.3, 0.4) is 0 Å². The average molecular weight is 276 g/mol. The van der Waals surface area contributed by atoms with Crippen LogP contribution in [0.4, 0.5) is 5.69 Å². The smallest absolute Gasteiger partial charge is 0.270 e. The van der Waals surface area contributed by atoms with Gasteiger partial charge in [-0.25, -0.2) is 0 Å². The minimum Gasteiger partial charge on any atom is -0.325 e. The first-order valence-electron chi connectivity index (χ1n) is 5.60. The maximum atomic E-state index is 11.9. The Morgan fingerprint density at radius 1 is 1.37 bits per heavy atom. The van der Waals surface area contributed by atoms with Crippen LogP contribution in [0, 0.1) is 0 Å². The van der Waals surface area contributed by atoms with Crippen LogP contribution < -0.4 is 10.9 Å². The molecule has 7 heteroatoms. The van der Waals surface area contributed by atoms with Gasteiger partial charge < -0.3 is 5.32 Å². The van der Waals surface area contributed by atoms with Gasteiger partial charge in [0.15, 0.2) is 5.16 Å². The molecule has 1 amide bonds. The number of para-hydroxylation sites is 1. The summed E-state index contributed by atoms with van der Waals surface area (Å²) in [5, 5.41) is 9.98. The number of carbonyl (C=O) groups excluding carboxylic acids is 1. The molecule has 0 saturated heterocycles. The van der Waals surface area contributed by atoms with Crippen molar-refractivity contribution >= 4 is 23.4 Å². The van der Waals surface area contributed by atoms with Crippen LogP contribution >= 0.6 is 11.8 Å². The standard InChI is InChI=1S/C12H12N4O2S/c1-8(19-12-15-10(17)7-13-16-12)11(18)14-9-5-3-2-4-6-9/h2-8H,1H3,(H,14,18)(H,15,16,17)/t8-/m0/s1. The number of H-pyrrole nitrogens is 1. The van der Waals surface area contributed by atoms with Crippen LogP contribution in [0.15, 0.2) is 46.5 Å². The fourth-order valence-corrected chi connectivity index (χ4v) is 2.09. The first kappa shape index (κ1) is 13.3. The van der Waals surface area contributed by atoms with Crippen molar-refractivity contribution < 1.29 is 4.79 Å². The summed E-state index contributed by atoms with van der Waals surface area (Å²) >= 11 is 1.14. The molecule has 2 N–H and O–H groups in total. The van der Waals surface area contributed by atoms with Gasteiger partial charge in [-0.2, -0.15) is 5.10 Å². The van der Waals surface area contributed by atoms with Gasteiger partial charge in [-0.1, -0.05) is 30.0 Å². The van der Waals surface area contributed by atoms with E-state index in [1.807, 2.05) is 18.2 Å². The molecule has 0 unspecified atom stereocenters. The van der Waals surface area contributed by atoms with Gasteiger partial charge in [0.05, 0.1) is 5.25 Å². The van der Waals surface area contributed by atoms with Gasteiger partial charge in [-0.15, -0.1) is 5.10 Å². The fraction of sp³-hybridized carbons (Fsp3) is 0.167. The van der Waals surface area contributed by atoms with E-state index in [0.29, 0.717) is 5.16 Å². The number of rotatable bonds is 4. The summed E-state index contributed by atoms with van der Waals surface area (Å²) in [6, 6.07) is 9.16. The molecule has 0 aliphatic rings. The van der Waals surface area contributed by atoms with E-state index in [4.69, 9.17) is 0 Å². The summed E-state index contributed by atoms with van der Waals surface area (Å²) in [6.45, 7) is 1.73. The quantitative estimate of drug-likeness (QED) is 0.821. The third-order valence-electron chi connectivity index (χ3n) is 2.25. The molecule has 1 aromatic carbocycles. The molecule has 0 spiro atoms. The molecule has 0 saturated carbocycles. The summed E-state index contributed by atoms with van der Waals surface area (Å²) in [6.07, 6.45) is 1.08. The third-order valence-corrected chi connectivity index (χ3v) is 3.23. The van der Waals surface area contributed by atoms with E-state index in [1.165, 1.54) is 0 Å². The minimum absolute atomic E-state index is 0.164. The summed E-state index contributed by atoms with van der Waals surface area (Å²) < 4.78 is 0. The Balaban J connectivity index is 1.98.